The Morgan fingerprint density at radius 1 is 1.18 bits per heavy atom. The molecule has 0 saturated carbocycles. The Kier molecular flexibility index (Phi) is 7.08. The highest BCUT2D eigenvalue weighted by atomic mass is 79.9. The highest BCUT2D eigenvalue weighted by Crippen LogP contribution is 2.29. The van der Waals surface area contributed by atoms with Crippen molar-refractivity contribution in [2.75, 3.05) is 13.7 Å². The number of pyridine rings is 1. The molecule has 144 valence electrons. The molecule has 2 N–H and O–H groups in total. The monoisotopic (exact) mass is 458 g/mol. The molecule has 2 aromatic carbocycles. The maximum Gasteiger partial charge on any atom is 0.254 e. The smallest absolute Gasteiger partial charge is 0.254 e. The van der Waals surface area contributed by atoms with E-state index in [1.54, 1.807) is 49.7 Å². The molecular formula is C21H19BrN2O3S. The molecule has 7 heteroatoms. The first-order chi connectivity index (χ1) is 13.6. The second-order valence-electron chi connectivity index (χ2n) is 5.91. The molecule has 0 spiro atoms. The van der Waals surface area contributed by atoms with Gasteiger partial charge in [-0.3, -0.25) is 4.79 Å². The Morgan fingerprint density at radius 2 is 1.89 bits per heavy atom. The highest BCUT2D eigenvalue weighted by Gasteiger charge is 2.15. The van der Waals surface area contributed by atoms with Crippen molar-refractivity contribution in [1.82, 2.24) is 10.3 Å². The van der Waals surface area contributed by atoms with E-state index in [0.29, 0.717) is 21.9 Å². The molecule has 5 nitrogen and oxygen atoms in total. The van der Waals surface area contributed by atoms with Gasteiger partial charge in [-0.05, 0) is 54.1 Å². The molecule has 0 bridgehead atoms. The van der Waals surface area contributed by atoms with Gasteiger partial charge in [0.25, 0.3) is 5.91 Å². The summed E-state index contributed by atoms with van der Waals surface area (Å²) in [4.78, 5) is 18.0. The topological polar surface area (TPSA) is 71.5 Å². The van der Waals surface area contributed by atoms with E-state index in [1.165, 1.54) is 11.8 Å². The van der Waals surface area contributed by atoms with Crippen LogP contribution in [0.4, 0.5) is 0 Å². The Labute approximate surface area is 176 Å². The number of hydrogen-bond acceptors (Lipinski definition) is 5. The molecular weight excluding hydrogens is 440 g/mol. The van der Waals surface area contributed by atoms with Crippen molar-refractivity contribution in [3.8, 4) is 5.75 Å². The van der Waals surface area contributed by atoms with Gasteiger partial charge in [0.15, 0.2) is 0 Å². The van der Waals surface area contributed by atoms with Crippen LogP contribution in [0, 0.1) is 0 Å². The summed E-state index contributed by atoms with van der Waals surface area (Å²) in [6, 6.07) is 18.3. The van der Waals surface area contributed by atoms with Crippen LogP contribution in [0.15, 0.2) is 81.3 Å². The van der Waals surface area contributed by atoms with Crippen LogP contribution in [-0.4, -0.2) is 29.7 Å². The number of nitrogens with zero attached hydrogens (tertiary/aromatic N) is 1. The van der Waals surface area contributed by atoms with Crippen molar-refractivity contribution in [3.63, 3.8) is 0 Å². The van der Waals surface area contributed by atoms with Gasteiger partial charge in [-0.15, -0.1) is 0 Å². The van der Waals surface area contributed by atoms with E-state index in [2.05, 4.69) is 26.2 Å². The van der Waals surface area contributed by atoms with E-state index in [0.717, 1.165) is 9.37 Å². The second-order valence-corrected chi connectivity index (χ2v) is 7.89. The summed E-state index contributed by atoms with van der Waals surface area (Å²) in [5.74, 6) is 0.435. The zero-order chi connectivity index (χ0) is 19.9. The first kappa shape index (κ1) is 20.4. The third kappa shape index (κ3) is 5.34. The second kappa shape index (κ2) is 9.73. The number of amides is 1. The number of aliphatic hydroxyl groups excluding tert-OH is 1. The van der Waals surface area contributed by atoms with Crippen molar-refractivity contribution in [1.29, 1.82) is 0 Å². The summed E-state index contributed by atoms with van der Waals surface area (Å²) >= 11 is 4.83. The number of aromatic nitrogens is 1. The maximum atomic E-state index is 12.6. The zero-order valence-corrected chi connectivity index (χ0v) is 17.5. The zero-order valence-electron chi connectivity index (χ0n) is 15.1. The lowest BCUT2D eigenvalue weighted by Crippen LogP contribution is -2.28. The van der Waals surface area contributed by atoms with Gasteiger partial charge in [-0.25, -0.2) is 4.98 Å². The summed E-state index contributed by atoms with van der Waals surface area (Å²) in [6.07, 6.45) is 0.846. The van der Waals surface area contributed by atoms with E-state index < -0.39 is 6.10 Å². The highest BCUT2D eigenvalue weighted by molar-refractivity contribution is 9.10. The lowest BCUT2D eigenvalue weighted by atomic mass is 10.1. The third-order valence-electron chi connectivity index (χ3n) is 4.00. The van der Waals surface area contributed by atoms with Crippen molar-refractivity contribution in [2.45, 2.75) is 16.0 Å². The van der Waals surface area contributed by atoms with Crippen molar-refractivity contribution in [3.05, 3.63) is 82.5 Å². The van der Waals surface area contributed by atoms with E-state index in [-0.39, 0.29) is 12.5 Å². The average molecular weight is 459 g/mol. The maximum absolute atomic E-state index is 12.6. The van der Waals surface area contributed by atoms with E-state index in [4.69, 9.17) is 4.74 Å². The molecule has 0 saturated heterocycles. The standard InChI is InChI=1S/C21H19BrN2O3S/c1-27-16-8-4-14(5-9-16)19(25)13-24-20(26)18-3-2-12-23-21(18)28-17-10-6-15(22)7-11-17/h2-12,19,25H,13H2,1H3,(H,24,26). The van der Waals surface area contributed by atoms with Crippen LogP contribution < -0.4 is 10.1 Å². The SMILES string of the molecule is COc1ccc(C(O)CNC(=O)c2cccnc2Sc2ccc(Br)cc2)cc1. The number of benzene rings is 2. The Morgan fingerprint density at radius 3 is 2.57 bits per heavy atom. The van der Waals surface area contributed by atoms with Gasteiger partial charge < -0.3 is 15.2 Å². The molecule has 3 aromatic rings. The van der Waals surface area contributed by atoms with Crippen LogP contribution >= 0.6 is 27.7 Å². The number of methoxy groups -OCH3 is 1. The summed E-state index contributed by atoms with van der Waals surface area (Å²) in [7, 11) is 1.59. The molecule has 1 heterocycles. The molecule has 0 aliphatic rings. The number of ether oxygens (including phenoxy) is 1. The van der Waals surface area contributed by atoms with Crippen LogP contribution in [0.1, 0.15) is 22.0 Å². The first-order valence-electron chi connectivity index (χ1n) is 8.55. The fourth-order valence-corrected chi connectivity index (χ4v) is 3.63. The normalized spacial score (nSPS) is 11.7. The Bertz CT molecular complexity index is 933. The number of nitrogens with one attached hydrogen (secondary N) is 1. The van der Waals surface area contributed by atoms with Crippen LogP contribution in [0.5, 0.6) is 5.75 Å². The summed E-state index contributed by atoms with van der Waals surface area (Å²) in [6.45, 7) is 0.0996. The molecule has 1 unspecified atom stereocenters. The van der Waals surface area contributed by atoms with E-state index in [9.17, 15) is 9.90 Å². The number of rotatable bonds is 7. The number of carbonyl (C=O) groups is 1. The molecule has 0 radical (unpaired) electrons. The first-order valence-corrected chi connectivity index (χ1v) is 10.2. The van der Waals surface area contributed by atoms with Crippen LogP contribution in [0.3, 0.4) is 0 Å². The number of carbonyl (C=O) groups excluding carboxylic acids is 1. The lowest BCUT2D eigenvalue weighted by molar-refractivity contribution is 0.0912. The molecule has 28 heavy (non-hydrogen) atoms. The minimum atomic E-state index is -0.811. The van der Waals surface area contributed by atoms with Gasteiger partial charge in [-0.1, -0.05) is 39.8 Å². The fourth-order valence-electron chi connectivity index (χ4n) is 2.49. The Hall–Kier alpha value is -2.35. The molecule has 0 aliphatic carbocycles. The van der Waals surface area contributed by atoms with Crippen molar-refractivity contribution in [2.24, 2.45) is 0 Å². The minimum Gasteiger partial charge on any atom is -0.497 e. The lowest BCUT2D eigenvalue weighted by Gasteiger charge is -2.14. The van der Waals surface area contributed by atoms with E-state index >= 15 is 0 Å². The molecule has 0 fully saturated rings. The van der Waals surface area contributed by atoms with Gasteiger partial charge in [0, 0.05) is 22.1 Å². The molecule has 1 amide bonds. The summed E-state index contributed by atoms with van der Waals surface area (Å²) in [5, 5.41) is 13.7. The van der Waals surface area contributed by atoms with Gasteiger partial charge >= 0.3 is 0 Å². The third-order valence-corrected chi connectivity index (χ3v) is 5.56. The van der Waals surface area contributed by atoms with Gasteiger partial charge in [0.2, 0.25) is 0 Å². The summed E-state index contributed by atoms with van der Waals surface area (Å²) < 4.78 is 6.10. The average Bonchev–Trinajstić information content (AvgIpc) is 2.74. The van der Waals surface area contributed by atoms with Gasteiger partial charge in [0.05, 0.1) is 18.8 Å². The number of aliphatic hydroxyl groups is 1. The number of halogens is 1. The van der Waals surface area contributed by atoms with Crippen molar-refractivity contribution >= 4 is 33.6 Å². The molecule has 3 rings (SSSR count). The Balaban J connectivity index is 1.66. The summed E-state index contributed by atoms with van der Waals surface area (Å²) in [5.41, 5.74) is 1.18. The number of hydrogen-bond donors (Lipinski definition) is 2. The molecule has 0 aliphatic heterocycles. The van der Waals surface area contributed by atoms with Crippen molar-refractivity contribution < 1.29 is 14.6 Å². The minimum absolute atomic E-state index is 0.0996. The van der Waals surface area contributed by atoms with Crippen LogP contribution in [0.25, 0.3) is 0 Å². The molecule has 1 atom stereocenters. The van der Waals surface area contributed by atoms with Gasteiger partial charge in [-0.2, -0.15) is 0 Å². The fraction of sp³-hybridized carbons (Fsp3) is 0.143. The predicted octanol–water partition coefficient (Wildman–Crippen LogP) is 4.47. The van der Waals surface area contributed by atoms with Crippen LogP contribution in [0.2, 0.25) is 0 Å². The van der Waals surface area contributed by atoms with Crippen LogP contribution in [-0.2, 0) is 0 Å². The molecule has 1 aromatic heterocycles. The predicted molar refractivity (Wildman–Crippen MR) is 113 cm³/mol. The van der Waals surface area contributed by atoms with E-state index in [1.807, 2.05) is 24.3 Å². The van der Waals surface area contributed by atoms with Gasteiger partial charge in [0.1, 0.15) is 10.8 Å². The quantitative estimate of drug-likeness (QED) is 0.546. The largest absolute Gasteiger partial charge is 0.497 e.